The molecule has 86 valence electrons. The fraction of sp³-hybridized carbons (Fsp3) is 0.923. The molecule has 0 aromatic heterocycles. The Morgan fingerprint density at radius 3 is 2.27 bits per heavy atom. The zero-order chi connectivity index (χ0) is 10.9. The number of hydrogen-bond donors (Lipinski definition) is 1. The average Bonchev–Trinajstić information content (AvgIpc) is 2.17. The van der Waals surface area contributed by atoms with E-state index >= 15 is 0 Å². The third-order valence-electron chi connectivity index (χ3n) is 4.62. The Morgan fingerprint density at radius 1 is 1.27 bits per heavy atom. The number of hydrogen-bond acceptors (Lipinski definition) is 2. The summed E-state index contributed by atoms with van der Waals surface area (Å²) in [7, 11) is 0. The van der Waals surface area contributed by atoms with Crippen LogP contribution in [0.1, 0.15) is 51.9 Å². The van der Waals surface area contributed by atoms with Crippen LogP contribution in [0.5, 0.6) is 0 Å². The number of nitrogens with two attached hydrogens (primary N) is 1. The molecule has 0 aliphatic heterocycles. The fourth-order valence-electron chi connectivity index (χ4n) is 2.97. The first-order valence-corrected chi connectivity index (χ1v) is 6.42. The molecule has 0 bridgehead atoms. The van der Waals surface area contributed by atoms with Gasteiger partial charge in [-0.15, -0.1) is 0 Å². The normalized spacial score (nSPS) is 37.3. The van der Waals surface area contributed by atoms with E-state index in [2.05, 4.69) is 6.92 Å². The van der Waals surface area contributed by atoms with Crippen molar-refractivity contribution < 1.29 is 4.79 Å². The van der Waals surface area contributed by atoms with Crippen molar-refractivity contribution in [3.8, 4) is 0 Å². The minimum atomic E-state index is -0.127. The van der Waals surface area contributed by atoms with Crippen LogP contribution in [0.3, 0.4) is 0 Å². The molecule has 0 atom stereocenters. The van der Waals surface area contributed by atoms with Gasteiger partial charge in [0.1, 0.15) is 5.78 Å². The van der Waals surface area contributed by atoms with Gasteiger partial charge in [-0.3, -0.25) is 4.79 Å². The third-order valence-corrected chi connectivity index (χ3v) is 4.62. The zero-order valence-electron chi connectivity index (χ0n) is 9.80. The van der Waals surface area contributed by atoms with E-state index in [0.717, 1.165) is 31.6 Å². The predicted molar refractivity (Wildman–Crippen MR) is 61.5 cm³/mol. The zero-order valence-corrected chi connectivity index (χ0v) is 9.80. The van der Waals surface area contributed by atoms with Gasteiger partial charge in [-0.1, -0.05) is 13.3 Å². The van der Waals surface area contributed by atoms with Crippen molar-refractivity contribution in [3.63, 3.8) is 0 Å². The summed E-state index contributed by atoms with van der Waals surface area (Å²) in [6, 6.07) is 0. The van der Waals surface area contributed by atoms with Gasteiger partial charge in [-0.2, -0.15) is 0 Å². The highest BCUT2D eigenvalue weighted by molar-refractivity contribution is 5.88. The predicted octanol–water partition coefficient (Wildman–Crippen LogP) is 2.51. The van der Waals surface area contributed by atoms with Crippen LogP contribution < -0.4 is 5.73 Å². The van der Waals surface area contributed by atoms with Gasteiger partial charge >= 0.3 is 0 Å². The second-order valence-electron chi connectivity index (χ2n) is 5.66. The van der Waals surface area contributed by atoms with E-state index in [0.29, 0.717) is 18.2 Å². The van der Waals surface area contributed by atoms with Crippen molar-refractivity contribution >= 4 is 5.78 Å². The highest BCUT2D eigenvalue weighted by atomic mass is 16.1. The molecule has 0 radical (unpaired) electrons. The summed E-state index contributed by atoms with van der Waals surface area (Å²) in [6.07, 6.45) is 7.95. The maximum atomic E-state index is 12.4. The van der Waals surface area contributed by atoms with E-state index in [1.54, 1.807) is 0 Å². The van der Waals surface area contributed by atoms with Crippen LogP contribution in [-0.2, 0) is 4.79 Å². The van der Waals surface area contributed by atoms with Crippen molar-refractivity contribution in [3.05, 3.63) is 0 Å². The molecule has 0 aromatic rings. The quantitative estimate of drug-likeness (QED) is 0.776. The topological polar surface area (TPSA) is 43.1 Å². The Hall–Kier alpha value is -0.370. The van der Waals surface area contributed by atoms with Gasteiger partial charge in [-0.25, -0.2) is 0 Å². The van der Waals surface area contributed by atoms with E-state index in [1.807, 2.05) is 0 Å². The smallest absolute Gasteiger partial charge is 0.143 e. The van der Waals surface area contributed by atoms with Crippen LogP contribution in [0.2, 0.25) is 0 Å². The summed E-state index contributed by atoms with van der Waals surface area (Å²) in [4.78, 5) is 12.4. The van der Waals surface area contributed by atoms with Gasteiger partial charge in [0.05, 0.1) is 0 Å². The first-order chi connectivity index (χ1) is 7.18. The Morgan fingerprint density at radius 2 is 1.87 bits per heavy atom. The first kappa shape index (κ1) is 11.1. The molecule has 2 aliphatic carbocycles. The minimum Gasteiger partial charge on any atom is -0.329 e. The van der Waals surface area contributed by atoms with Crippen LogP contribution in [0.15, 0.2) is 0 Å². The van der Waals surface area contributed by atoms with Crippen LogP contribution in [0.4, 0.5) is 0 Å². The molecule has 0 amide bonds. The average molecular weight is 209 g/mol. The highest BCUT2D eigenvalue weighted by Gasteiger charge is 2.43. The Kier molecular flexibility index (Phi) is 3.15. The molecule has 2 N–H and O–H groups in total. The standard InChI is InChI=1S/C13H23NO/c1-10-5-7-13(9-14,8-6-10)12(15)11-3-2-4-11/h10-11H,2-9,14H2,1H3. The minimum absolute atomic E-state index is 0.127. The van der Waals surface area contributed by atoms with Crippen LogP contribution in [-0.4, -0.2) is 12.3 Å². The molecule has 0 heterocycles. The maximum Gasteiger partial charge on any atom is 0.143 e. The van der Waals surface area contributed by atoms with Crippen LogP contribution >= 0.6 is 0 Å². The van der Waals surface area contributed by atoms with E-state index in [4.69, 9.17) is 5.73 Å². The first-order valence-electron chi connectivity index (χ1n) is 6.42. The lowest BCUT2D eigenvalue weighted by Gasteiger charge is -2.41. The molecule has 2 saturated carbocycles. The van der Waals surface area contributed by atoms with E-state index < -0.39 is 0 Å². The Bertz CT molecular complexity index is 237. The molecular formula is C13H23NO. The second kappa shape index (κ2) is 4.25. The molecule has 15 heavy (non-hydrogen) atoms. The number of carbonyl (C=O) groups excluding carboxylic acids is 1. The van der Waals surface area contributed by atoms with Crippen molar-refractivity contribution in [2.75, 3.05) is 6.54 Å². The summed E-state index contributed by atoms with van der Waals surface area (Å²) < 4.78 is 0. The van der Waals surface area contributed by atoms with Gasteiger partial charge in [0.15, 0.2) is 0 Å². The maximum absolute atomic E-state index is 12.4. The molecule has 0 saturated heterocycles. The SMILES string of the molecule is CC1CCC(CN)(C(=O)C2CCC2)CC1. The highest BCUT2D eigenvalue weighted by Crippen LogP contribution is 2.43. The molecule has 2 heteroatoms. The lowest BCUT2D eigenvalue weighted by molar-refractivity contribution is -0.137. The number of rotatable bonds is 3. The largest absolute Gasteiger partial charge is 0.329 e. The lowest BCUT2D eigenvalue weighted by Crippen LogP contribution is -2.46. The summed E-state index contributed by atoms with van der Waals surface area (Å²) in [5.41, 5.74) is 5.75. The van der Waals surface area contributed by atoms with Crippen molar-refractivity contribution in [1.29, 1.82) is 0 Å². The van der Waals surface area contributed by atoms with Gasteiger partial charge in [-0.05, 0) is 44.4 Å². The molecule has 0 spiro atoms. The van der Waals surface area contributed by atoms with Crippen LogP contribution in [0, 0.1) is 17.3 Å². The molecular weight excluding hydrogens is 186 g/mol. The van der Waals surface area contributed by atoms with Gasteiger partial charge in [0.25, 0.3) is 0 Å². The van der Waals surface area contributed by atoms with Crippen molar-refractivity contribution in [2.45, 2.75) is 51.9 Å². The van der Waals surface area contributed by atoms with Gasteiger partial charge < -0.3 is 5.73 Å². The molecule has 2 aliphatic rings. The van der Waals surface area contributed by atoms with Gasteiger partial charge in [0, 0.05) is 17.9 Å². The Labute approximate surface area is 92.6 Å². The molecule has 2 fully saturated rings. The van der Waals surface area contributed by atoms with E-state index in [1.165, 1.54) is 19.3 Å². The summed E-state index contributed by atoms with van der Waals surface area (Å²) >= 11 is 0. The number of Topliss-reactive ketones (excluding diaryl/α,β-unsaturated/α-hetero) is 1. The molecule has 0 unspecified atom stereocenters. The lowest BCUT2D eigenvalue weighted by atomic mass is 9.63. The summed E-state index contributed by atoms with van der Waals surface area (Å²) in [5.74, 6) is 1.66. The monoisotopic (exact) mass is 209 g/mol. The second-order valence-corrected chi connectivity index (χ2v) is 5.66. The third kappa shape index (κ3) is 1.96. The Balaban J connectivity index is 2.03. The molecule has 0 aromatic carbocycles. The summed E-state index contributed by atoms with van der Waals surface area (Å²) in [6.45, 7) is 2.86. The van der Waals surface area contributed by atoms with Crippen molar-refractivity contribution in [1.82, 2.24) is 0 Å². The van der Waals surface area contributed by atoms with E-state index in [9.17, 15) is 4.79 Å². The van der Waals surface area contributed by atoms with Crippen LogP contribution in [0.25, 0.3) is 0 Å². The van der Waals surface area contributed by atoms with E-state index in [-0.39, 0.29) is 5.41 Å². The van der Waals surface area contributed by atoms with Crippen molar-refractivity contribution in [2.24, 2.45) is 23.0 Å². The summed E-state index contributed by atoms with van der Waals surface area (Å²) in [5, 5.41) is 0. The number of ketones is 1. The molecule has 2 rings (SSSR count). The molecule has 2 nitrogen and oxygen atoms in total. The van der Waals surface area contributed by atoms with Gasteiger partial charge in [0.2, 0.25) is 0 Å². The fourth-order valence-corrected chi connectivity index (χ4v) is 2.97. The number of carbonyl (C=O) groups is 1.